The molecule has 0 unspecified atom stereocenters. The molecular weight excluding hydrogens is 344 g/mol. The fourth-order valence-corrected chi connectivity index (χ4v) is 2.82. The van der Waals surface area contributed by atoms with Gasteiger partial charge in [-0.2, -0.15) is 5.10 Å². The summed E-state index contributed by atoms with van der Waals surface area (Å²) < 4.78 is 0. The molecule has 3 aromatic rings. The summed E-state index contributed by atoms with van der Waals surface area (Å²) in [4.78, 5) is 36.0. The zero-order valence-corrected chi connectivity index (χ0v) is 14.9. The third kappa shape index (κ3) is 4.58. The molecule has 2 amide bonds. The number of nitrogens with zero attached hydrogens (tertiary/aromatic N) is 1. The van der Waals surface area contributed by atoms with Gasteiger partial charge in [-0.3, -0.25) is 14.4 Å². The predicted molar refractivity (Wildman–Crippen MR) is 102 cm³/mol. The molecule has 0 bridgehead atoms. The summed E-state index contributed by atoms with van der Waals surface area (Å²) >= 11 is 0. The van der Waals surface area contributed by atoms with Gasteiger partial charge in [-0.1, -0.05) is 48.5 Å². The van der Waals surface area contributed by atoms with Crippen LogP contribution in [0.1, 0.15) is 24.2 Å². The summed E-state index contributed by atoms with van der Waals surface area (Å²) in [5, 5.41) is 12.9. The van der Waals surface area contributed by atoms with Crippen molar-refractivity contribution < 1.29 is 9.59 Å². The standard InChI is InChI=1S/C20H20N4O3/c1-13(14-7-3-2-4-8-14)22-19(26)12-21-18(25)11-17-15-9-5-6-10-16(15)20(27)24-23-17/h2-10,13H,11-12H2,1H3,(H,21,25)(H,22,26)(H,24,27)/t13-/m1/s1. The van der Waals surface area contributed by atoms with Crippen LogP contribution in [0, 0.1) is 0 Å². The Morgan fingerprint density at radius 3 is 2.41 bits per heavy atom. The predicted octanol–water partition coefficient (Wildman–Crippen LogP) is 1.46. The number of hydrogen-bond donors (Lipinski definition) is 3. The van der Waals surface area contributed by atoms with Gasteiger partial charge in [0.15, 0.2) is 0 Å². The second-order valence-corrected chi connectivity index (χ2v) is 6.20. The third-order valence-corrected chi connectivity index (χ3v) is 4.23. The molecule has 27 heavy (non-hydrogen) atoms. The van der Waals surface area contributed by atoms with E-state index in [1.807, 2.05) is 37.3 Å². The Balaban J connectivity index is 1.57. The Bertz CT molecular complexity index is 1010. The van der Waals surface area contributed by atoms with Crippen molar-refractivity contribution in [3.05, 3.63) is 76.2 Å². The molecular formula is C20H20N4O3. The molecule has 3 rings (SSSR count). The number of H-pyrrole nitrogens is 1. The van der Waals surface area contributed by atoms with Crippen LogP contribution in [-0.2, 0) is 16.0 Å². The molecule has 0 aliphatic rings. The highest BCUT2D eigenvalue weighted by Crippen LogP contribution is 2.13. The normalized spacial score (nSPS) is 11.7. The van der Waals surface area contributed by atoms with E-state index in [1.165, 1.54) is 0 Å². The van der Waals surface area contributed by atoms with Gasteiger partial charge in [0.1, 0.15) is 0 Å². The first-order valence-corrected chi connectivity index (χ1v) is 8.62. The quantitative estimate of drug-likeness (QED) is 0.616. The lowest BCUT2D eigenvalue weighted by Crippen LogP contribution is -2.38. The van der Waals surface area contributed by atoms with E-state index in [2.05, 4.69) is 20.8 Å². The van der Waals surface area contributed by atoms with Gasteiger partial charge < -0.3 is 10.6 Å². The van der Waals surface area contributed by atoms with E-state index in [0.29, 0.717) is 16.5 Å². The number of aromatic amines is 1. The number of rotatable bonds is 6. The van der Waals surface area contributed by atoms with Crippen molar-refractivity contribution in [3.63, 3.8) is 0 Å². The summed E-state index contributed by atoms with van der Waals surface area (Å²) in [7, 11) is 0. The fraction of sp³-hybridized carbons (Fsp3) is 0.200. The largest absolute Gasteiger partial charge is 0.348 e. The van der Waals surface area contributed by atoms with Crippen LogP contribution in [0.3, 0.4) is 0 Å². The molecule has 2 aromatic carbocycles. The van der Waals surface area contributed by atoms with E-state index < -0.39 is 0 Å². The highest BCUT2D eigenvalue weighted by molar-refractivity contribution is 5.90. The lowest BCUT2D eigenvalue weighted by molar-refractivity contribution is -0.126. The first-order valence-electron chi connectivity index (χ1n) is 8.62. The molecule has 0 spiro atoms. The summed E-state index contributed by atoms with van der Waals surface area (Å²) in [6.45, 7) is 1.75. The number of carbonyl (C=O) groups is 2. The Morgan fingerprint density at radius 2 is 1.67 bits per heavy atom. The van der Waals surface area contributed by atoms with Crippen LogP contribution in [0.15, 0.2) is 59.4 Å². The van der Waals surface area contributed by atoms with Gasteiger partial charge in [-0.25, -0.2) is 5.10 Å². The maximum absolute atomic E-state index is 12.2. The maximum atomic E-state index is 12.2. The lowest BCUT2D eigenvalue weighted by Gasteiger charge is -2.14. The molecule has 0 saturated carbocycles. The molecule has 1 atom stereocenters. The molecule has 1 heterocycles. The van der Waals surface area contributed by atoms with Crippen LogP contribution >= 0.6 is 0 Å². The molecule has 7 nitrogen and oxygen atoms in total. The Hall–Kier alpha value is -3.48. The molecule has 0 fully saturated rings. The van der Waals surface area contributed by atoms with Crippen LogP contribution in [0.25, 0.3) is 10.8 Å². The third-order valence-electron chi connectivity index (χ3n) is 4.23. The summed E-state index contributed by atoms with van der Waals surface area (Å²) in [6, 6.07) is 16.4. The molecule has 1 aromatic heterocycles. The Morgan fingerprint density at radius 1 is 1.00 bits per heavy atom. The summed E-state index contributed by atoms with van der Waals surface area (Å²) in [5.74, 6) is -0.624. The molecule has 138 valence electrons. The minimum absolute atomic E-state index is 0.0290. The molecule has 0 aliphatic heterocycles. The van der Waals surface area contributed by atoms with Crippen molar-refractivity contribution in [3.8, 4) is 0 Å². The number of hydrogen-bond acceptors (Lipinski definition) is 4. The van der Waals surface area contributed by atoms with Gasteiger partial charge in [0.2, 0.25) is 11.8 Å². The van der Waals surface area contributed by atoms with Gasteiger partial charge in [0.05, 0.1) is 30.1 Å². The van der Waals surface area contributed by atoms with Crippen LogP contribution in [0.4, 0.5) is 0 Å². The SMILES string of the molecule is C[C@@H](NC(=O)CNC(=O)Cc1n[nH]c(=O)c2ccccc12)c1ccccc1. The van der Waals surface area contributed by atoms with Crippen molar-refractivity contribution in [1.82, 2.24) is 20.8 Å². The Kier molecular flexibility index (Phi) is 5.61. The van der Waals surface area contributed by atoms with Gasteiger partial charge in [0, 0.05) is 5.39 Å². The van der Waals surface area contributed by atoms with Crippen LogP contribution in [0.2, 0.25) is 0 Å². The zero-order chi connectivity index (χ0) is 19.2. The van der Waals surface area contributed by atoms with E-state index in [-0.39, 0.29) is 36.4 Å². The van der Waals surface area contributed by atoms with Gasteiger partial charge >= 0.3 is 0 Å². The first kappa shape index (κ1) is 18.3. The monoisotopic (exact) mass is 364 g/mol. The highest BCUT2D eigenvalue weighted by atomic mass is 16.2. The second-order valence-electron chi connectivity index (χ2n) is 6.20. The topological polar surface area (TPSA) is 104 Å². The number of nitrogens with one attached hydrogen (secondary N) is 3. The number of amides is 2. The first-order chi connectivity index (χ1) is 13.0. The number of fused-ring (bicyclic) bond motifs is 1. The van der Waals surface area contributed by atoms with Gasteiger partial charge in [-0.05, 0) is 18.6 Å². The van der Waals surface area contributed by atoms with Crippen molar-refractivity contribution >= 4 is 22.6 Å². The van der Waals surface area contributed by atoms with Gasteiger partial charge in [-0.15, -0.1) is 0 Å². The van der Waals surface area contributed by atoms with Crippen LogP contribution in [-0.4, -0.2) is 28.6 Å². The van der Waals surface area contributed by atoms with E-state index in [4.69, 9.17) is 0 Å². The maximum Gasteiger partial charge on any atom is 0.272 e. The van der Waals surface area contributed by atoms with E-state index in [9.17, 15) is 14.4 Å². The van der Waals surface area contributed by atoms with Crippen molar-refractivity contribution in [1.29, 1.82) is 0 Å². The van der Waals surface area contributed by atoms with E-state index in [0.717, 1.165) is 5.56 Å². The average molecular weight is 364 g/mol. The second kappa shape index (κ2) is 8.27. The summed E-state index contributed by atoms with van der Waals surface area (Å²) in [5.41, 5.74) is 1.14. The molecule has 3 N–H and O–H groups in total. The number of aromatic nitrogens is 2. The van der Waals surface area contributed by atoms with Crippen molar-refractivity contribution in [2.45, 2.75) is 19.4 Å². The summed E-state index contributed by atoms with van der Waals surface area (Å²) in [6.07, 6.45) is -0.0290. The number of carbonyl (C=O) groups excluding carboxylic acids is 2. The van der Waals surface area contributed by atoms with E-state index >= 15 is 0 Å². The lowest BCUT2D eigenvalue weighted by atomic mass is 10.1. The minimum atomic E-state index is -0.345. The zero-order valence-electron chi connectivity index (χ0n) is 14.9. The van der Waals surface area contributed by atoms with Crippen molar-refractivity contribution in [2.24, 2.45) is 0 Å². The highest BCUT2D eigenvalue weighted by Gasteiger charge is 2.13. The minimum Gasteiger partial charge on any atom is -0.348 e. The average Bonchev–Trinajstić information content (AvgIpc) is 2.69. The van der Waals surface area contributed by atoms with Crippen LogP contribution in [0.5, 0.6) is 0 Å². The van der Waals surface area contributed by atoms with E-state index in [1.54, 1.807) is 24.3 Å². The number of benzene rings is 2. The molecule has 7 heteroatoms. The van der Waals surface area contributed by atoms with Crippen LogP contribution < -0.4 is 16.2 Å². The fourth-order valence-electron chi connectivity index (χ4n) is 2.82. The molecule has 0 saturated heterocycles. The molecule has 0 radical (unpaired) electrons. The smallest absolute Gasteiger partial charge is 0.272 e. The Labute approximate surface area is 155 Å². The van der Waals surface area contributed by atoms with Gasteiger partial charge in [0.25, 0.3) is 5.56 Å². The van der Waals surface area contributed by atoms with Crippen molar-refractivity contribution in [2.75, 3.05) is 6.54 Å². The molecule has 0 aliphatic carbocycles.